The zero-order valence-electron chi connectivity index (χ0n) is 11.0. The van der Waals surface area contributed by atoms with Crippen LogP contribution in [0.15, 0.2) is 35.4 Å². The number of carbonyl (C=O) groups is 1. The lowest BCUT2D eigenvalue weighted by Gasteiger charge is -2.15. The lowest BCUT2D eigenvalue weighted by molar-refractivity contribution is 0.0932. The number of rotatable bonds is 4. The fourth-order valence-electron chi connectivity index (χ4n) is 2.41. The molecular weight excluding hydrogens is 272 g/mol. The van der Waals surface area contributed by atoms with Gasteiger partial charge >= 0.3 is 0 Å². The highest BCUT2D eigenvalue weighted by Crippen LogP contribution is 2.15. The average Bonchev–Trinajstić information content (AvgIpc) is 3.12. The summed E-state index contributed by atoms with van der Waals surface area (Å²) in [6.45, 7) is 2.87. The Kier molecular flexibility index (Phi) is 4.03. The van der Waals surface area contributed by atoms with Crippen molar-refractivity contribution in [1.29, 1.82) is 0 Å². The number of hydrogen-bond acceptors (Lipinski definition) is 5. The van der Waals surface area contributed by atoms with Gasteiger partial charge in [0.05, 0.1) is 6.20 Å². The molecule has 0 spiro atoms. The quantitative estimate of drug-likeness (QED) is 0.927. The van der Waals surface area contributed by atoms with Crippen molar-refractivity contribution in [3.63, 3.8) is 0 Å². The van der Waals surface area contributed by atoms with E-state index < -0.39 is 0 Å². The molecule has 1 aliphatic rings. The lowest BCUT2D eigenvalue weighted by atomic mass is 10.2. The van der Waals surface area contributed by atoms with E-state index in [0.29, 0.717) is 5.69 Å². The minimum absolute atomic E-state index is 0.138. The van der Waals surface area contributed by atoms with Gasteiger partial charge in [0.25, 0.3) is 5.91 Å². The molecule has 1 aliphatic heterocycles. The number of nitrogens with zero attached hydrogens (tertiary/aromatic N) is 3. The maximum atomic E-state index is 12.0. The summed E-state index contributed by atoms with van der Waals surface area (Å²) in [7, 11) is 0. The maximum Gasteiger partial charge on any atom is 0.271 e. The average molecular weight is 288 g/mol. The number of likely N-dealkylation sites (tertiary alicyclic amines) is 1. The summed E-state index contributed by atoms with van der Waals surface area (Å²) in [6, 6.07) is 2.35. The predicted molar refractivity (Wildman–Crippen MR) is 77.5 cm³/mol. The van der Waals surface area contributed by atoms with E-state index in [2.05, 4.69) is 37.0 Å². The molecule has 0 bridgehead atoms. The van der Waals surface area contributed by atoms with Gasteiger partial charge in [0.1, 0.15) is 5.69 Å². The van der Waals surface area contributed by atoms with Gasteiger partial charge < -0.3 is 5.32 Å². The Labute approximate surface area is 121 Å². The van der Waals surface area contributed by atoms with E-state index in [1.165, 1.54) is 18.0 Å². The molecule has 0 aliphatic carbocycles. The summed E-state index contributed by atoms with van der Waals surface area (Å²) >= 11 is 1.72. The Morgan fingerprint density at radius 3 is 3.20 bits per heavy atom. The van der Waals surface area contributed by atoms with Gasteiger partial charge in [-0.15, -0.1) is 0 Å². The smallest absolute Gasteiger partial charge is 0.271 e. The second kappa shape index (κ2) is 6.11. The zero-order valence-corrected chi connectivity index (χ0v) is 11.8. The van der Waals surface area contributed by atoms with Crippen molar-refractivity contribution >= 4 is 17.2 Å². The first-order valence-electron chi connectivity index (χ1n) is 6.61. The molecule has 1 atom stereocenters. The molecule has 20 heavy (non-hydrogen) atoms. The third-order valence-corrected chi connectivity index (χ3v) is 4.12. The van der Waals surface area contributed by atoms with Crippen molar-refractivity contribution in [1.82, 2.24) is 20.2 Å². The summed E-state index contributed by atoms with van der Waals surface area (Å²) in [5.41, 5.74) is 1.72. The molecular formula is C14H16N4OS. The number of nitrogens with one attached hydrogen (secondary N) is 1. The van der Waals surface area contributed by atoms with Crippen LogP contribution in [0.2, 0.25) is 0 Å². The molecule has 2 aromatic heterocycles. The molecule has 3 rings (SSSR count). The summed E-state index contributed by atoms with van der Waals surface area (Å²) in [6.07, 6.45) is 5.57. The molecule has 5 nitrogen and oxygen atoms in total. The first-order chi connectivity index (χ1) is 9.81. The zero-order chi connectivity index (χ0) is 13.8. The van der Waals surface area contributed by atoms with Crippen LogP contribution >= 0.6 is 11.3 Å². The fourth-order valence-corrected chi connectivity index (χ4v) is 3.07. The molecule has 3 heterocycles. The Morgan fingerprint density at radius 2 is 2.45 bits per heavy atom. The van der Waals surface area contributed by atoms with Gasteiger partial charge in [-0.25, -0.2) is 4.98 Å². The molecule has 1 N–H and O–H groups in total. The predicted octanol–water partition coefficient (Wildman–Crippen LogP) is 1.54. The summed E-state index contributed by atoms with van der Waals surface area (Å²) in [5.74, 6) is -0.138. The van der Waals surface area contributed by atoms with E-state index in [4.69, 9.17) is 0 Å². The van der Waals surface area contributed by atoms with Crippen LogP contribution in [0.5, 0.6) is 0 Å². The summed E-state index contributed by atoms with van der Waals surface area (Å²) in [5, 5.41) is 7.29. The van der Waals surface area contributed by atoms with E-state index in [-0.39, 0.29) is 11.9 Å². The number of amides is 1. The Bertz CT molecular complexity index is 558. The lowest BCUT2D eigenvalue weighted by Crippen LogP contribution is -2.37. The molecule has 0 radical (unpaired) electrons. The summed E-state index contributed by atoms with van der Waals surface area (Å²) in [4.78, 5) is 22.3. The molecule has 1 unspecified atom stereocenters. The van der Waals surface area contributed by atoms with Crippen LogP contribution in [0, 0.1) is 0 Å². The van der Waals surface area contributed by atoms with E-state index in [9.17, 15) is 4.79 Å². The van der Waals surface area contributed by atoms with Crippen molar-refractivity contribution in [3.05, 3.63) is 46.7 Å². The second-order valence-electron chi connectivity index (χ2n) is 4.92. The largest absolute Gasteiger partial charge is 0.347 e. The van der Waals surface area contributed by atoms with Crippen LogP contribution in [0.3, 0.4) is 0 Å². The first-order valence-corrected chi connectivity index (χ1v) is 7.56. The van der Waals surface area contributed by atoms with Crippen LogP contribution in [-0.2, 0) is 6.54 Å². The normalized spacial score (nSPS) is 19.1. The van der Waals surface area contributed by atoms with Crippen LogP contribution < -0.4 is 5.32 Å². The van der Waals surface area contributed by atoms with Crippen molar-refractivity contribution in [2.75, 3.05) is 13.1 Å². The highest BCUT2D eigenvalue weighted by atomic mass is 32.1. The van der Waals surface area contributed by atoms with Gasteiger partial charge in [0.15, 0.2) is 0 Å². The Hall–Kier alpha value is -1.79. The minimum Gasteiger partial charge on any atom is -0.347 e. The number of carbonyl (C=O) groups excluding carboxylic acids is 1. The molecule has 6 heteroatoms. The summed E-state index contributed by atoms with van der Waals surface area (Å²) < 4.78 is 0. The van der Waals surface area contributed by atoms with Gasteiger partial charge in [-0.05, 0) is 28.8 Å². The SMILES string of the molecule is O=C(NC1CCN(Cc2ccsc2)C1)c1cnccn1. The standard InChI is InChI=1S/C14H16N4OS/c19-14(13-7-15-3-4-16-13)17-12-1-5-18(9-12)8-11-2-6-20-10-11/h2-4,6-7,10,12H,1,5,8-9H2,(H,17,19). The van der Waals surface area contributed by atoms with Gasteiger partial charge in [-0.3, -0.25) is 14.7 Å². The van der Waals surface area contributed by atoms with Crippen LogP contribution in [0.4, 0.5) is 0 Å². The minimum atomic E-state index is -0.138. The molecule has 0 aromatic carbocycles. The van der Waals surface area contributed by atoms with Gasteiger partial charge in [-0.2, -0.15) is 11.3 Å². The topological polar surface area (TPSA) is 58.1 Å². The second-order valence-corrected chi connectivity index (χ2v) is 5.70. The Morgan fingerprint density at radius 1 is 1.50 bits per heavy atom. The molecule has 1 fully saturated rings. The highest BCUT2D eigenvalue weighted by molar-refractivity contribution is 7.07. The van der Waals surface area contributed by atoms with E-state index in [0.717, 1.165) is 26.1 Å². The van der Waals surface area contributed by atoms with Crippen molar-refractivity contribution in [2.24, 2.45) is 0 Å². The third-order valence-electron chi connectivity index (χ3n) is 3.39. The van der Waals surface area contributed by atoms with Crippen molar-refractivity contribution < 1.29 is 4.79 Å². The molecule has 1 saturated heterocycles. The van der Waals surface area contributed by atoms with E-state index in [1.54, 1.807) is 17.5 Å². The highest BCUT2D eigenvalue weighted by Gasteiger charge is 2.24. The van der Waals surface area contributed by atoms with Crippen LogP contribution in [-0.4, -0.2) is 39.9 Å². The molecule has 0 saturated carbocycles. The van der Waals surface area contributed by atoms with Crippen molar-refractivity contribution in [3.8, 4) is 0 Å². The van der Waals surface area contributed by atoms with Crippen LogP contribution in [0.1, 0.15) is 22.5 Å². The Balaban J connectivity index is 1.52. The van der Waals surface area contributed by atoms with Crippen molar-refractivity contribution in [2.45, 2.75) is 19.0 Å². The van der Waals surface area contributed by atoms with Crippen LogP contribution in [0.25, 0.3) is 0 Å². The molecule has 1 amide bonds. The van der Waals surface area contributed by atoms with E-state index >= 15 is 0 Å². The number of thiophene rings is 1. The van der Waals surface area contributed by atoms with Gasteiger partial charge in [0, 0.05) is 38.1 Å². The third kappa shape index (κ3) is 3.20. The monoisotopic (exact) mass is 288 g/mol. The number of hydrogen-bond donors (Lipinski definition) is 1. The molecule has 104 valence electrons. The van der Waals surface area contributed by atoms with Gasteiger partial charge in [-0.1, -0.05) is 0 Å². The van der Waals surface area contributed by atoms with Gasteiger partial charge in [0.2, 0.25) is 0 Å². The number of aromatic nitrogens is 2. The first kappa shape index (κ1) is 13.2. The van der Waals surface area contributed by atoms with E-state index in [1.807, 2.05) is 0 Å². The maximum absolute atomic E-state index is 12.0. The molecule has 2 aromatic rings. The fraction of sp³-hybridized carbons (Fsp3) is 0.357.